The van der Waals surface area contributed by atoms with Crippen LogP contribution in [0.15, 0.2) is 24.3 Å². The average Bonchev–Trinajstić information content (AvgIpc) is 2.49. The van der Waals surface area contributed by atoms with Gasteiger partial charge in [-0.1, -0.05) is 12.1 Å². The van der Waals surface area contributed by atoms with Crippen LogP contribution in [0, 0.1) is 0 Å². The zero-order valence-corrected chi connectivity index (χ0v) is 16.6. The molecule has 0 radical (unpaired) electrons. The van der Waals surface area contributed by atoms with Crippen molar-refractivity contribution in [3.63, 3.8) is 0 Å². The molecular formula is C16H24NNaO4S. The van der Waals surface area contributed by atoms with Crippen LogP contribution in [0.3, 0.4) is 0 Å². The number of carbonyl (C=O) groups is 2. The number of carboxylic acid groups (broad SMARTS) is 2. The molecule has 0 aromatic heterocycles. The van der Waals surface area contributed by atoms with Gasteiger partial charge in [-0.15, -0.1) is 0 Å². The SMILES string of the molecule is C[C@@H](C(=O)O)N(CCCCS)c1ccc(CCC(=O)O)cc1.[H-].[Na+]. The number of anilines is 1. The van der Waals surface area contributed by atoms with Gasteiger partial charge in [-0.05, 0) is 49.6 Å². The summed E-state index contributed by atoms with van der Waals surface area (Å²) in [6.07, 6.45) is 2.38. The molecule has 0 amide bonds. The molecule has 0 unspecified atom stereocenters. The predicted molar refractivity (Wildman–Crippen MR) is 91.0 cm³/mol. The normalized spacial score (nSPS) is 11.4. The number of carboxylic acids is 2. The van der Waals surface area contributed by atoms with Crippen molar-refractivity contribution in [2.24, 2.45) is 0 Å². The minimum atomic E-state index is -0.860. The van der Waals surface area contributed by atoms with Gasteiger partial charge in [-0.3, -0.25) is 4.79 Å². The van der Waals surface area contributed by atoms with Crippen LogP contribution in [0.25, 0.3) is 0 Å². The molecule has 1 atom stereocenters. The second-order valence-corrected chi connectivity index (χ2v) is 5.65. The van der Waals surface area contributed by atoms with Crippen LogP contribution in [0.1, 0.15) is 33.2 Å². The molecule has 0 spiro atoms. The summed E-state index contributed by atoms with van der Waals surface area (Å²) in [6.45, 7) is 2.32. The van der Waals surface area contributed by atoms with Crippen molar-refractivity contribution in [1.82, 2.24) is 0 Å². The van der Waals surface area contributed by atoms with E-state index in [0.29, 0.717) is 13.0 Å². The van der Waals surface area contributed by atoms with E-state index in [1.54, 1.807) is 6.92 Å². The van der Waals surface area contributed by atoms with E-state index in [9.17, 15) is 14.7 Å². The van der Waals surface area contributed by atoms with Crippen LogP contribution in [-0.4, -0.2) is 40.5 Å². The summed E-state index contributed by atoms with van der Waals surface area (Å²) in [5.74, 6) is -0.901. The number of benzene rings is 1. The summed E-state index contributed by atoms with van der Waals surface area (Å²) in [4.78, 5) is 23.7. The predicted octanol–water partition coefficient (Wildman–Crippen LogP) is -0.190. The molecule has 0 saturated carbocycles. The van der Waals surface area contributed by atoms with Crippen molar-refractivity contribution in [3.05, 3.63) is 29.8 Å². The van der Waals surface area contributed by atoms with Crippen LogP contribution in [0.4, 0.5) is 5.69 Å². The van der Waals surface area contributed by atoms with Gasteiger partial charge >= 0.3 is 41.5 Å². The summed E-state index contributed by atoms with van der Waals surface area (Å²) in [7, 11) is 0. The van der Waals surface area contributed by atoms with Gasteiger partial charge in [0.2, 0.25) is 0 Å². The maximum Gasteiger partial charge on any atom is 1.00 e. The molecule has 1 rings (SSSR count). The van der Waals surface area contributed by atoms with Gasteiger partial charge in [0, 0.05) is 18.7 Å². The third-order valence-corrected chi connectivity index (χ3v) is 3.84. The van der Waals surface area contributed by atoms with Gasteiger partial charge < -0.3 is 16.5 Å². The van der Waals surface area contributed by atoms with Gasteiger partial charge in [0.15, 0.2) is 0 Å². The topological polar surface area (TPSA) is 77.8 Å². The smallest absolute Gasteiger partial charge is 1.00 e. The first kappa shape index (κ1) is 22.3. The molecule has 0 bridgehead atoms. The first-order valence-corrected chi connectivity index (χ1v) is 8.00. The zero-order chi connectivity index (χ0) is 16.5. The number of hydrogen-bond donors (Lipinski definition) is 3. The molecule has 5 nitrogen and oxygen atoms in total. The van der Waals surface area contributed by atoms with Crippen molar-refractivity contribution in [2.75, 3.05) is 17.2 Å². The summed E-state index contributed by atoms with van der Waals surface area (Å²) < 4.78 is 0. The van der Waals surface area contributed by atoms with Gasteiger partial charge in [0.1, 0.15) is 6.04 Å². The maximum atomic E-state index is 11.3. The standard InChI is InChI=1S/C16H23NO4S.Na.H/c1-12(16(20)21)17(10-2-3-11-22)14-7-4-13(5-8-14)6-9-15(18)19;;/h4-5,7-8,12,22H,2-3,6,9-11H2,1H3,(H,18,19)(H,20,21);;/q;+1;-1/t12-;;/m0../s1. The van der Waals surface area contributed by atoms with Crippen LogP contribution in [0.5, 0.6) is 0 Å². The van der Waals surface area contributed by atoms with Crippen molar-refractivity contribution < 1.29 is 50.8 Å². The van der Waals surface area contributed by atoms with Gasteiger partial charge in [0.25, 0.3) is 0 Å². The summed E-state index contributed by atoms with van der Waals surface area (Å²) in [6, 6.07) is 6.83. The second-order valence-electron chi connectivity index (χ2n) is 5.20. The molecule has 124 valence electrons. The van der Waals surface area contributed by atoms with Crippen LogP contribution >= 0.6 is 12.6 Å². The number of rotatable bonds is 10. The van der Waals surface area contributed by atoms with Crippen LogP contribution in [0.2, 0.25) is 0 Å². The molecule has 0 heterocycles. The van der Waals surface area contributed by atoms with Crippen molar-refractivity contribution in [1.29, 1.82) is 0 Å². The Morgan fingerprint density at radius 3 is 2.30 bits per heavy atom. The Balaban J connectivity index is 0. The van der Waals surface area contributed by atoms with Crippen molar-refractivity contribution >= 4 is 30.3 Å². The van der Waals surface area contributed by atoms with Crippen molar-refractivity contribution in [2.45, 2.75) is 38.6 Å². The van der Waals surface area contributed by atoms with E-state index in [4.69, 9.17) is 5.11 Å². The Kier molecular flexibility index (Phi) is 11.4. The number of aliphatic carboxylic acids is 2. The fourth-order valence-corrected chi connectivity index (χ4v) is 2.40. The molecule has 0 fully saturated rings. The molecule has 0 aliphatic carbocycles. The van der Waals surface area contributed by atoms with Crippen LogP contribution in [-0.2, 0) is 16.0 Å². The molecule has 7 heteroatoms. The third-order valence-electron chi connectivity index (χ3n) is 3.53. The van der Waals surface area contributed by atoms with E-state index in [1.165, 1.54) is 0 Å². The Bertz CT molecular complexity index is 501. The minimum Gasteiger partial charge on any atom is -1.00 e. The first-order valence-electron chi connectivity index (χ1n) is 7.36. The zero-order valence-electron chi connectivity index (χ0n) is 14.7. The van der Waals surface area contributed by atoms with E-state index in [1.807, 2.05) is 29.2 Å². The Morgan fingerprint density at radius 2 is 1.83 bits per heavy atom. The van der Waals surface area contributed by atoms with Crippen LogP contribution < -0.4 is 34.5 Å². The maximum absolute atomic E-state index is 11.3. The molecular weight excluding hydrogens is 325 g/mol. The van der Waals surface area contributed by atoms with Gasteiger partial charge in [-0.2, -0.15) is 12.6 Å². The monoisotopic (exact) mass is 349 g/mol. The van der Waals surface area contributed by atoms with E-state index in [-0.39, 0.29) is 37.4 Å². The second kappa shape index (κ2) is 11.8. The Hall–Kier alpha value is -0.690. The fraction of sp³-hybridized carbons (Fsp3) is 0.500. The van der Waals surface area contributed by atoms with E-state index in [0.717, 1.165) is 29.8 Å². The summed E-state index contributed by atoms with van der Waals surface area (Å²) in [5.41, 5.74) is 1.78. The number of hydrogen-bond acceptors (Lipinski definition) is 4. The average molecular weight is 349 g/mol. The molecule has 1 aromatic rings. The van der Waals surface area contributed by atoms with Gasteiger partial charge in [-0.25, -0.2) is 4.79 Å². The number of aryl methyl sites for hydroxylation is 1. The quantitative estimate of drug-likeness (QED) is 0.310. The van der Waals surface area contributed by atoms with E-state index >= 15 is 0 Å². The third kappa shape index (κ3) is 8.11. The fourth-order valence-electron chi connectivity index (χ4n) is 2.18. The van der Waals surface area contributed by atoms with Gasteiger partial charge in [0.05, 0.1) is 0 Å². The Morgan fingerprint density at radius 1 is 1.22 bits per heavy atom. The number of unbranched alkanes of at least 4 members (excludes halogenated alkanes) is 1. The molecule has 2 N–H and O–H groups in total. The van der Waals surface area contributed by atoms with E-state index in [2.05, 4.69) is 12.6 Å². The first-order chi connectivity index (χ1) is 10.5. The number of nitrogens with zero attached hydrogens (tertiary/aromatic N) is 1. The molecule has 1 aromatic carbocycles. The number of thiol groups is 1. The molecule has 0 aliphatic heterocycles. The Labute approximate surface area is 166 Å². The largest absolute Gasteiger partial charge is 1.00 e. The minimum absolute atomic E-state index is 0. The molecule has 0 aliphatic rings. The summed E-state index contributed by atoms with van der Waals surface area (Å²) >= 11 is 4.17. The molecule has 23 heavy (non-hydrogen) atoms. The van der Waals surface area contributed by atoms with Crippen molar-refractivity contribution in [3.8, 4) is 0 Å². The molecule has 0 saturated heterocycles. The van der Waals surface area contributed by atoms with E-state index < -0.39 is 18.0 Å². The summed E-state index contributed by atoms with van der Waals surface area (Å²) in [5, 5.41) is 17.9.